The first-order valence-electron chi connectivity index (χ1n) is 18.9. The van der Waals surface area contributed by atoms with Crippen molar-refractivity contribution in [2.24, 2.45) is 0 Å². The summed E-state index contributed by atoms with van der Waals surface area (Å²) in [6, 6.07) is 64.0. The topological polar surface area (TPSA) is 29.5 Å². The quantitative estimate of drug-likeness (QED) is 0.0713. The van der Waals surface area contributed by atoms with Crippen molar-refractivity contribution in [3.8, 4) is 0 Å². The molecule has 0 aliphatic rings. The van der Waals surface area contributed by atoms with Crippen LogP contribution < -0.4 is 4.90 Å². The van der Waals surface area contributed by atoms with E-state index in [0.717, 1.165) is 33.8 Å². The van der Waals surface area contributed by atoms with Gasteiger partial charge in [-0.25, -0.2) is 4.79 Å². The largest absolute Gasteiger partial charge is 0.457 e. The van der Waals surface area contributed by atoms with Crippen molar-refractivity contribution >= 4 is 46.3 Å². The van der Waals surface area contributed by atoms with Gasteiger partial charge in [0.05, 0.1) is 0 Å². The number of aryl methyl sites for hydroxylation is 2. The second-order valence-electron chi connectivity index (χ2n) is 14.1. The van der Waals surface area contributed by atoms with Gasteiger partial charge in [0.2, 0.25) is 0 Å². The van der Waals surface area contributed by atoms with Crippen LogP contribution in [0.25, 0.3) is 23.3 Å². The summed E-state index contributed by atoms with van der Waals surface area (Å²) in [6.07, 6.45) is 4.52. The standard InChI is InChI=1S/C53H45NO2/c1-38(2)53(55)56-37-43-24-32-50(33-25-43)54(48-28-20-41(21-29-48)35-51(44-13-7-5-8-14-44)46-26-18-39(3)19-27-46)49-30-22-42(23-31-49)36-52(45-15-9-6-10-16-45)47-17-11-12-40(4)34-47/h5-36H,1,37H2,2-4H3/b51-35+,52-36-. The zero-order valence-corrected chi connectivity index (χ0v) is 32.2. The smallest absolute Gasteiger partial charge is 0.333 e. The van der Waals surface area contributed by atoms with E-state index in [0.29, 0.717) is 5.57 Å². The van der Waals surface area contributed by atoms with Gasteiger partial charge in [-0.1, -0.05) is 163 Å². The summed E-state index contributed by atoms with van der Waals surface area (Å²) in [5.41, 5.74) is 16.0. The van der Waals surface area contributed by atoms with E-state index < -0.39 is 5.97 Å². The van der Waals surface area contributed by atoms with Crippen LogP contribution in [-0.4, -0.2) is 5.97 Å². The molecule has 0 N–H and O–H groups in total. The van der Waals surface area contributed by atoms with Crippen LogP contribution in [0.1, 0.15) is 57.0 Å². The monoisotopic (exact) mass is 727 g/mol. The Morgan fingerprint density at radius 2 is 0.964 bits per heavy atom. The Morgan fingerprint density at radius 3 is 1.45 bits per heavy atom. The fourth-order valence-corrected chi connectivity index (χ4v) is 6.68. The highest BCUT2D eigenvalue weighted by Gasteiger charge is 2.15. The molecule has 0 amide bonds. The van der Waals surface area contributed by atoms with Crippen LogP contribution in [0.5, 0.6) is 0 Å². The number of benzene rings is 7. The zero-order valence-electron chi connectivity index (χ0n) is 32.2. The molecule has 0 radical (unpaired) electrons. The van der Waals surface area contributed by atoms with Crippen LogP contribution in [0.4, 0.5) is 17.1 Å². The molecular formula is C53H45NO2. The molecule has 0 spiro atoms. The van der Waals surface area contributed by atoms with Crippen LogP contribution >= 0.6 is 0 Å². The lowest BCUT2D eigenvalue weighted by molar-refractivity contribution is -0.140. The maximum absolute atomic E-state index is 12.1. The lowest BCUT2D eigenvalue weighted by Crippen LogP contribution is -2.10. The van der Waals surface area contributed by atoms with Crippen molar-refractivity contribution in [3.63, 3.8) is 0 Å². The number of hydrogen-bond acceptors (Lipinski definition) is 3. The number of nitrogens with zero attached hydrogens (tertiary/aromatic N) is 1. The highest BCUT2D eigenvalue weighted by atomic mass is 16.5. The summed E-state index contributed by atoms with van der Waals surface area (Å²) in [7, 11) is 0. The third-order valence-corrected chi connectivity index (χ3v) is 9.70. The summed E-state index contributed by atoms with van der Waals surface area (Å²) >= 11 is 0. The van der Waals surface area contributed by atoms with E-state index >= 15 is 0 Å². The third-order valence-electron chi connectivity index (χ3n) is 9.70. The molecular weight excluding hydrogens is 683 g/mol. The van der Waals surface area contributed by atoms with Crippen molar-refractivity contribution in [1.82, 2.24) is 0 Å². The fourth-order valence-electron chi connectivity index (χ4n) is 6.68. The Bertz CT molecular complexity index is 2480. The van der Waals surface area contributed by atoms with Gasteiger partial charge in [-0.15, -0.1) is 0 Å². The zero-order chi connectivity index (χ0) is 38.9. The average Bonchev–Trinajstić information content (AvgIpc) is 3.23. The van der Waals surface area contributed by atoms with E-state index in [-0.39, 0.29) is 6.61 Å². The summed E-state index contributed by atoms with van der Waals surface area (Å²) in [5, 5.41) is 0. The summed E-state index contributed by atoms with van der Waals surface area (Å²) in [5.74, 6) is -0.394. The third kappa shape index (κ3) is 9.21. The van der Waals surface area contributed by atoms with Crippen molar-refractivity contribution in [3.05, 3.63) is 244 Å². The lowest BCUT2D eigenvalue weighted by Gasteiger charge is -2.26. The van der Waals surface area contributed by atoms with Crippen LogP contribution in [0.15, 0.2) is 194 Å². The number of carbonyl (C=O) groups is 1. The first-order chi connectivity index (χ1) is 27.3. The first-order valence-corrected chi connectivity index (χ1v) is 18.9. The number of hydrogen-bond donors (Lipinski definition) is 0. The van der Waals surface area contributed by atoms with Crippen LogP contribution in [0, 0.1) is 13.8 Å². The number of rotatable bonds is 12. The average molecular weight is 728 g/mol. The van der Waals surface area contributed by atoms with Gasteiger partial charge < -0.3 is 9.64 Å². The van der Waals surface area contributed by atoms with Crippen molar-refractivity contribution in [1.29, 1.82) is 0 Å². The van der Waals surface area contributed by atoms with E-state index in [1.54, 1.807) is 6.92 Å². The predicted molar refractivity (Wildman–Crippen MR) is 235 cm³/mol. The van der Waals surface area contributed by atoms with Gasteiger partial charge in [-0.2, -0.15) is 0 Å². The Balaban J connectivity index is 1.25. The Labute approximate surface area is 331 Å². The van der Waals surface area contributed by atoms with E-state index in [1.807, 2.05) is 12.1 Å². The van der Waals surface area contributed by atoms with Gasteiger partial charge in [0.25, 0.3) is 0 Å². The molecule has 7 aromatic carbocycles. The molecule has 56 heavy (non-hydrogen) atoms. The summed E-state index contributed by atoms with van der Waals surface area (Å²) < 4.78 is 5.43. The van der Waals surface area contributed by atoms with Gasteiger partial charge in [-0.05, 0) is 119 Å². The van der Waals surface area contributed by atoms with E-state index in [4.69, 9.17) is 4.74 Å². The number of ether oxygens (including phenoxy) is 1. The molecule has 0 saturated heterocycles. The molecule has 7 rings (SSSR count). The van der Waals surface area contributed by atoms with Gasteiger partial charge in [0.1, 0.15) is 6.61 Å². The molecule has 3 heteroatoms. The predicted octanol–water partition coefficient (Wildman–Crippen LogP) is 13.6. The normalized spacial score (nSPS) is 11.6. The summed E-state index contributed by atoms with van der Waals surface area (Å²) in [4.78, 5) is 14.3. The van der Waals surface area contributed by atoms with E-state index in [1.165, 1.54) is 44.5 Å². The minimum atomic E-state index is -0.394. The second-order valence-corrected chi connectivity index (χ2v) is 14.1. The molecule has 0 aliphatic carbocycles. The molecule has 0 aliphatic heterocycles. The van der Waals surface area contributed by atoms with E-state index in [9.17, 15) is 4.79 Å². The Morgan fingerprint density at radius 1 is 0.518 bits per heavy atom. The summed E-state index contributed by atoms with van der Waals surface area (Å²) in [6.45, 7) is 9.78. The Kier molecular flexibility index (Phi) is 11.6. The molecule has 0 atom stereocenters. The number of esters is 1. The van der Waals surface area contributed by atoms with Gasteiger partial charge >= 0.3 is 5.97 Å². The second kappa shape index (κ2) is 17.4. The van der Waals surface area contributed by atoms with Crippen molar-refractivity contribution in [2.75, 3.05) is 4.90 Å². The van der Waals surface area contributed by atoms with Crippen molar-refractivity contribution < 1.29 is 9.53 Å². The minimum absolute atomic E-state index is 0.184. The molecule has 0 heterocycles. The molecule has 0 bridgehead atoms. The number of carbonyl (C=O) groups excluding carboxylic acids is 1. The molecule has 0 unspecified atom stereocenters. The highest BCUT2D eigenvalue weighted by molar-refractivity contribution is 5.93. The molecule has 0 fully saturated rings. The van der Waals surface area contributed by atoms with Gasteiger partial charge in [0, 0.05) is 22.6 Å². The van der Waals surface area contributed by atoms with E-state index in [2.05, 4.69) is 207 Å². The lowest BCUT2D eigenvalue weighted by atomic mass is 9.94. The van der Waals surface area contributed by atoms with Crippen molar-refractivity contribution in [2.45, 2.75) is 27.4 Å². The highest BCUT2D eigenvalue weighted by Crippen LogP contribution is 2.36. The molecule has 0 saturated carbocycles. The first kappa shape index (κ1) is 37.3. The maximum Gasteiger partial charge on any atom is 0.333 e. The van der Waals surface area contributed by atoms with Crippen LogP contribution in [0.2, 0.25) is 0 Å². The maximum atomic E-state index is 12.1. The van der Waals surface area contributed by atoms with Crippen LogP contribution in [0.3, 0.4) is 0 Å². The minimum Gasteiger partial charge on any atom is -0.457 e. The molecule has 274 valence electrons. The molecule has 0 aromatic heterocycles. The molecule has 7 aromatic rings. The fraction of sp³-hybridized carbons (Fsp3) is 0.0755. The number of anilines is 3. The molecule has 3 nitrogen and oxygen atoms in total. The van der Waals surface area contributed by atoms with Gasteiger partial charge in [0.15, 0.2) is 0 Å². The Hall–Kier alpha value is -6.97. The van der Waals surface area contributed by atoms with Gasteiger partial charge in [-0.3, -0.25) is 0 Å². The SMILES string of the molecule is C=C(C)C(=O)OCc1ccc(N(c2ccc(/C=C(/c3ccccc3)c3cccc(C)c3)cc2)c2ccc(/C=C(\c3ccccc3)c3ccc(C)cc3)cc2)cc1. The van der Waals surface area contributed by atoms with Crippen LogP contribution in [-0.2, 0) is 16.1 Å².